The highest BCUT2D eigenvalue weighted by Crippen LogP contribution is 2.31. The lowest BCUT2D eigenvalue weighted by Crippen LogP contribution is -2.47. The Labute approximate surface area is 208 Å². The molecule has 0 aromatic carbocycles. The predicted molar refractivity (Wildman–Crippen MR) is 130 cm³/mol. The Hall–Kier alpha value is -2.42. The van der Waals surface area contributed by atoms with Gasteiger partial charge >= 0.3 is 0 Å². The molecule has 4 aliphatic rings. The molecular weight excluding hydrogens is 448 g/mol. The first-order valence-electron chi connectivity index (χ1n) is 13.4. The van der Waals surface area contributed by atoms with E-state index in [1.807, 2.05) is 11.8 Å². The minimum absolute atomic E-state index is 0.0595. The summed E-state index contributed by atoms with van der Waals surface area (Å²) in [5.41, 5.74) is 1.31. The van der Waals surface area contributed by atoms with Gasteiger partial charge in [0.25, 0.3) is 5.91 Å². The van der Waals surface area contributed by atoms with E-state index in [1.54, 1.807) is 9.80 Å². The number of nitrogens with one attached hydrogen (secondary N) is 1. The maximum Gasteiger partial charge on any atom is 0.251 e. The Morgan fingerprint density at radius 3 is 2.43 bits per heavy atom. The number of morpholine rings is 1. The van der Waals surface area contributed by atoms with E-state index < -0.39 is 5.92 Å². The Morgan fingerprint density at radius 2 is 1.74 bits per heavy atom. The van der Waals surface area contributed by atoms with Crippen LogP contribution in [-0.2, 0) is 23.9 Å². The van der Waals surface area contributed by atoms with E-state index in [4.69, 9.17) is 4.74 Å². The first-order chi connectivity index (χ1) is 16.9. The molecule has 4 rings (SSSR count). The second-order valence-corrected chi connectivity index (χ2v) is 10.3. The lowest BCUT2D eigenvalue weighted by Gasteiger charge is -2.37. The van der Waals surface area contributed by atoms with Crippen LogP contribution in [0.5, 0.6) is 0 Å². The highest BCUT2D eigenvalue weighted by atomic mass is 16.5. The van der Waals surface area contributed by atoms with Gasteiger partial charge in [0.05, 0.1) is 19.1 Å². The molecule has 1 N–H and O–H groups in total. The summed E-state index contributed by atoms with van der Waals surface area (Å²) in [7, 11) is 0. The summed E-state index contributed by atoms with van der Waals surface area (Å²) in [5.74, 6) is -0.628. The third kappa shape index (κ3) is 6.42. The minimum atomic E-state index is -0.546. The molecule has 0 aromatic heterocycles. The van der Waals surface area contributed by atoms with Crippen molar-refractivity contribution >= 4 is 23.6 Å². The molecule has 1 unspecified atom stereocenters. The summed E-state index contributed by atoms with van der Waals surface area (Å²) in [6.45, 7) is 5.75. The van der Waals surface area contributed by atoms with E-state index in [0.29, 0.717) is 69.9 Å². The van der Waals surface area contributed by atoms with Crippen LogP contribution in [0.15, 0.2) is 11.3 Å². The number of likely N-dealkylation sites (tertiary alicyclic amines) is 1. The standard InChI is InChI=1S/C26H40N4O5/c1-19-22(26(34)29-13-15-35-16-14-29)17-20(18-23(31)27-21-7-3-2-4-8-21)25(33)30(19)12-6-11-28-10-5-9-24(28)32/h20-21H,2-18H2,1H3,(H,27,31). The van der Waals surface area contributed by atoms with E-state index in [1.165, 1.54) is 6.42 Å². The number of allylic oxidation sites excluding steroid dienone is 1. The lowest BCUT2D eigenvalue weighted by molar-refractivity contribution is -0.139. The Bertz CT molecular complexity index is 845. The molecule has 0 radical (unpaired) electrons. The van der Waals surface area contributed by atoms with Crippen molar-refractivity contribution in [2.75, 3.05) is 45.9 Å². The molecule has 0 bridgehead atoms. The van der Waals surface area contributed by atoms with Crippen molar-refractivity contribution in [1.29, 1.82) is 0 Å². The molecule has 2 saturated heterocycles. The van der Waals surface area contributed by atoms with Gasteiger partial charge in [0.2, 0.25) is 17.7 Å². The molecule has 9 heteroatoms. The van der Waals surface area contributed by atoms with Gasteiger partial charge in [-0.2, -0.15) is 0 Å². The molecule has 4 amide bonds. The zero-order valence-electron chi connectivity index (χ0n) is 21.1. The van der Waals surface area contributed by atoms with Crippen LogP contribution in [0.3, 0.4) is 0 Å². The summed E-state index contributed by atoms with van der Waals surface area (Å²) in [6.07, 6.45) is 7.97. The van der Waals surface area contributed by atoms with E-state index in [-0.39, 0.29) is 36.1 Å². The molecule has 194 valence electrons. The molecule has 0 aromatic rings. The van der Waals surface area contributed by atoms with Crippen molar-refractivity contribution in [3.63, 3.8) is 0 Å². The number of nitrogens with zero attached hydrogens (tertiary/aromatic N) is 3. The monoisotopic (exact) mass is 488 g/mol. The lowest BCUT2D eigenvalue weighted by atomic mass is 9.87. The van der Waals surface area contributed by atoms with E-state index in [0.717, 1.165) is 38.6 Å². The molecule has 1 aliphatic carbocycles. The third-order valence-corrected chi connectivity index (χ3v) is 7.85. The molecule has 3 heterocycles. The van der Waals surface area contributed by atoms with Gasteiger partial charge < -0.3 is 24.8 Å². The Kier molecular flexibility index (Phi) is 8.81. The number of rotatable bonds is 8. The molecule has 1 saturated carbocycles. The SMILES string of the molecule is CC1=C(C(=O)N2CCOCC2)CC(CC(=O)NC2CCCCC2)C(=O)N1CCCN1CCCC1=O. The smallest absolute Gasteiger partial charge is 0.251 e. The summed E-state index contributed by atoms with van der Waals surface area (Å²) >= 11 is 0. The number of amides is 4. The fourth-order valence-electron chi connectivity index (χ4n) is 5.78. The summed E-state index contributed by atoms with van der Waals surface area (Å²) in [5, 5.41) is 3.12. The Balaban J connectivity index is 1.45. The number of ether oxygens (including phenoxy) is 1. The van der Waals surface area contributed by atoms with Crippen molar-refractivity contribution in [3.05, 3.63) is 11.3 Å². The second kappa shape index (κ2) is 12.0. The van der Waals surface area contributed by atoms with Crippen LogP contribution in [0.4, 0.5) is 0 Å². The van der Waals surface area contributed by atoms with Crippen LogP contribution in [0.25, 0.3) is 0 Å². The summed E-state index contributed by atoms with van der Waals surface area (Å²) in [6, 6.07) is 0.191. The minimum Gasteiger partial charge on any atom is -0.378 e. The van der Waals surface area contributed by atoms with Crippen LogP contribution in [-0.4, -0.2) is 90.3 Å². The topological polar surface area (TPSA) is 99.3 Å². The van der Waals surface area contributed by atoms with Crippen LogP contribution in [0.2, 0.25) is 0 Å². The van der Waals surface area contributed by atoms with Crippen molar-refractivity contribution in [3.8, 4) is 0 Å². The zero-order chi connectivity index (χ0) is 24.8. The van der Waals surface area contributed by atoms with Gasteiger partial charge in [-0.1, -0.05) is 19.3 Å². The summed E-state index contributed by atoms with van der Waals surface area (Å²) in [4.78, 5) is 57.1. The van der Waals surface area contributed by atoms with Gasteiger partial charge in [-0.25, -0.2) is 0 Å². The van der Waals surface area contributed by atoms with Gasteiger partial charge in [0, 0.05) is 62.9 Å². The largest absolute Gasteiger partial charge is 0.378 e. The number of hydrogen-bond acceptors (Lipinski definition) is 5. The van der Waals surface area contributed by atoms with Crippen molar-refractivity contribution in [2.24, 2.45) is 5.92 Å². The Morgan fingerprint density at radius 1 is 1.00 bits per heavy atom. The fourth-order valence-corrected chi connectivity index (χ4v) is 5.78. The maximum absolute atomic E-state index is 13.5. The third-order valence-electron chi connectivity index (χ3n) is 7.85. The van der Waals surface area contributed by atoms with Gasteiger partial charge in [-0.05, 0) is 39.0 Å². The number of carbonyl (C=O) groups is 4. The van der Waals surface area contributed by atoms with Crippen molar-refractivity contribution in [1.82, 2.24) is 20.0 Å². The highest BCUT2D eigenvalue weighted by molar-refractivity contribution is 5.98. The van der Waals surface area contributed by atoms with Crippen LogP contribution < -0.4 is 5.32 Å². The molecule has 1 atom stereocenters. The zero-order valence-corrected chi connectivity index (χ0v) is 21.1. The molecule has 9 nitrogen and oxygen atoms in total. The van der Waals surface area contributed by atoms with Crippen molar-refractivity contribution < 1.29 is 23.9 Å². The van der Waals surface area contributed by atoms with E-state index >= 15 is 0 Å². The molecule has 0 spiro atoms. The van der Waals surface area contributed by atoms with Gasteiger partial charge in [0.15, 0.2) is 0 Å². The van der Waals surface area contributed by atoms with Crippen LogP contribution >= 0.6 is 0 Å². The average Bonchev–Trinajstić information content (AvgIpc) is 3.28. The van der Waals surface area contributed by atoms with Crippen molar-refractivity contribution in [2.45, 2.75) is 77.2 Å². The fraction of sp³-hybridized carbons (Fsp3) is 0.769. The average molecular weight is 489 g/mol. The first-order valence-corrected chi connectivity index (χ1v) is 13.4. The normalized spacial score (nSPS) is 24.4. The molecule has 35 heavy (non-hydrogen) atoms. The van der Waals surface area contributed by atoms with Gasteiger partial charge in [-0.3, -0.25) is 19.2 Å². The van der Waals surface area contributed by atoms with E-state index in [2.05, 4.69) is 5.32 Å². The number of carbonyl (C=O) groups excluding carboxylic acids is 4. The molecule has 3 aliphatic heterocycles. The van der Waals surface area contributed by atoms with Crippen LogP contribution in [0, 0.1) is 5.92 Å². The quantitative estimate of drug-likeness (QED) is 0.562. The second-order valence-electron chi connectivity index (χ2n) is 10.3. The number of hydrogen-bond donors (Lipinski definition) is 1. The van der Waals surface area contributed by atoms with Gasteiger partial charge in [0.1, 0.15) is 0 Å². The summed E-state index contributed by atoms with van der Waals surface area (Å²) < 4.78 is 5.40. The first kappa shape index (κ1) is 25.7. The van der Waals surface area contributed by atoms with Crippen LogP contribution in [0.1, 0.15) is 71.1 Å². The maximum atomic E-state index is 13.5. The molecule has 3 fully saturated rings. The van der Waals surface area contributed by atoms with Gasteiger partial charge in [-0.15, -0.1) is 0 Å². The predicted octanol–water partition coefficient (Wildman–Crippen LogP) is 1.82. The van der Waals surface area contributed by atoms with E-state index in [9.17, 15) is 19.2 Å². The molecular formula is C26H40N4O5. The highest BCUT2D eigenvalue weighted by Gasteiger charge is 2.38.